The van der Waals surface area contributed by atoms with Crippen molar-refractivity contribution in [3.8, 4) is 0 Å². The van der Waals surface area contributed by atoms with Crippen LogP contribution in [0.15, 0.2) is 91.0 Å². The Bertz CT molecular complexity index is 1530. The predicted octanol–water partition coefficient (Wildman–Crippen LogP) is 6.01. The molecule has 1 heterocycles. The second-order valence-electron chi connectivity index (χ2n) is 9.95. The van der Waals surface area contributed by atoms with Gasteiger partial charge in [0.2, 0.25) is 11.8 Å². The molecule has 5 rings (SSSR count). The van der Waals surface area contributed by atoms with Crippen molar-refractivity contribution in [2.24, 2.45) is 0 Å². The molecular formula is C33H32ClN3O3. The lowest BCUT2D eigenvalue weighted by atomic mass is 10.0. The van der Waals surface area contributed by atoms with E-state index >= 15 is 0 Å². The maximum atomic E-state index is 13.9. The molecule has 0 saturated carbocycles. The second-order valence-corrected chi connectivity index (χ2v) is 10.4. The fourth-order valence-electron chi connectivity index (χ4n) is 5.39. The van der Waals surface area contributed by atoms with E-state index < -0.39 is 6.04 Å². The molecule has 40 heavy (non-hydrogen) atoms. The number of hydrogen-bond acceptors (Lipinski definition) is 3. The molecule has 4 aromatic rings. The van der Waals surface area contributed by atoms with Gasteiger partial charge < -0.3 is 15.1 Å². The van der Waals surface area contributed by atoms with E-state index in [2.05, 4.69) is 5.32 Å². The third-order valence-electron chi connectivity index (χ3n) is 7.34. The third kappa shape index (κ3) is 5.73. The van der Waals surface area contributed by atoms with Crippen molar-refractivity contribution in [1.29, 1.82) is 0 Å². The molecule has 1 aliphatic rings. The Kier molecular flexibility index (Phi) is 8.46. The van der Waals surface area contributed by atoms with Gasteiger partial charge in [0.25, 0.3) is 5.91 Å². The van der Waals surface area contributed by atoms with Crippen LogP contribution in [0, 0.1) is 0 Å². The number of carbonyl (C=O) groups excluding carboxylic acids is 3. The summed E-state index contributed by atoms with van der Waals surface area (Å²) in [5.74, 6) is -0.408. The van der Waals surface area contributed by atoms with Crippen molar-refractivity contribution in [3.63, 3.8) is 0 Å². The minimum atomic E-state index is -0.711. The van der Waals surface area contributed by atoms with Crippen LogP contribution in [0.25, 0.3) is 10.8 Å². The number of rotatable bonds is 11. The van der Waals surface area contributed by atoms with Crippen LogP contribution >= 0.6 is 11.6 Å². The molecule has 4 aromatic carbocycles. The first-order chi connectivity index (χ1) is 19.5. The number of likely N-dealkylation sites (N-methyl/N-ethyl adjacent to an activating group) is 1. The average molecular weight is 554 g/mol. The normalized spacial score (nSPS) is 12.9. The van der Waals surface area contributed by atoms with Crippen LogP contribution in [-0.2, 0) is 22.6 Å². The van der Waals surface area contributed by atoms with E-state index in [0.29, 0.717) is 36.5 Å². The molecule has 1 atom stereocenters. The Labute approximate surface area is 239 Å². The summed E-state index contributed by atoms with van der Waals surface area (Å²) in [5.41, 5.74) is 3.31. The lowest BCUT2D eigenvalue weighted by Gasteiger charge is -2.32. The van der Waals surface area contributed by atoms with Crippen LogP contribution in [0.2, 0.25) is 5.02 Å². The number of benzene rings is 4. The zero-order valence-electron chi connectivity index (χ0n) is 22.5. The van der Waals surface area contributed by atoms with Crippen molar-refractivity contribution in [1.82, 2.24) is 10.2 Å². The van der Waals surface area contributed by atoms with Gasteiger partial charge in [0, 0.05) is 48.4 Å². The summed E-state index contributed by atoms with van der Waals surface area (Å²) in [6, 6.07) is 28.0. The molecule has 0 fully saturated rings. The first kappa shape index (κ1) is 27.4. The summed E-state index contributed by atoms with van der Waals surface area (Å²) in [7, 11) is 0. The van der Waals surface area contributed by atoms with Crippen LogP contribution in [0.1, 0.15) is 41.3 Å². The van der Waals surface area contributed by atoms with Crippen LogP contribution in [0.3, 0.4) is 0 Å². The molecule has 204 valence electrons. The molecule has 6 nitrogen and oxygen atoms in total. The Morgan fingerprint density at radius 3 is 2.40 bits per heavy atom. The van der Waals surface area contributed by atoms with Crippen molar-refractivity contribution in [2.75, 3.05) is 18.0 Å². The van der Waals surface area contributed by atoms with Crippen LogP contribution < -0.4 is 10.2 Å². The quantitative estimate of drug-likeness (QED) is 0.247. The van der Waals surface area contributed by atoms with Gasteiger partial charge in [0.1, 0.15) is 6.04 Å². The number of hydrogen-bond donors (Lipinski definition) is 1. The number of nitrogens with one attached hydrogen (secondary N) is 1. The molecule has 3 amide bonds. The SMILES string of the molecule is CCNC(=O)[C@@H](Cc1ccccc1)N(Cc1ccccc1Cl)C(=O)CCCN1C(=O)c2cccc3cccc1c23. The zero-order valence-corrected chi connectivity index (χ0v) is 23.2. The molecule has 0 bridgehead atoms. The smallest absolute Gasteiger partial charge is 0.258 e. The zero-order chi connectivity index (χ0) is 28.1. The summed E-state index contributed by atoms with van der Waals surface area (Å²) in [6.07, 6.45) is 1.03. The number of nitrogens with zero attached hydrogens (tertiary/aromatic N) is 2. The number of carbonyl (C=O) groups is 3. The number of anilines is 1. The van der Waals surface area contributed by atoms with E-state index in [4.69, 9.17) is 11.6 Å². The van der Waals surface area contributed by atoms with Crippen molar-refractivity contribution < 1.29 is 14.4 Å². The highest BCUT2D eigenvalue weighted by molar-refractivity contribution is 6.31. The van der Waals surface area contributed by atoms with Gasteiger partial charge in [0.05, 0.1) is 5.69 Å². The lowest BCUT2D eigenvalue weighted by molar-refractivity contribution is -0.141. The van der Waals surface area contributed by atoms with E-state index in [1.165, 1.54) is 0 Å². The Morgan fingerprint density at radius 2 is 1.65 bits per heavy atom. The number of amides is 3. The van der Waals surface area contributed by atoms with Crippen LogP contribution in [-0.4, -0.2) is 41.8 Å². The van der Waals surface area contributed by atoms with Gasteiger partial charge in [-0.1, -0.05) is 84.4 Å². The number of halogens is 1. The highest BCUT2D eigenvalue weighted by Gasteiger charge is 2.32. The molecular weight excluding hydrogens is 522 g/mol. The molecule has 0 aromatic heterocycles. The van der Waals surface area contributed by atoms with Crippen molar-refractivity contribution in [3.05, 3.63) is 113 Å². The van der Waals surface area contributed by atoms with Gasteiger partial charge in [-0.2, -0.15) is 0 Å². The summed E-state index contributed by atoms with van der Waals surface area (Å²) < 4.78 is 0. The van der Waals surface area contributed by atoms with Crippen molar-refractivity contribution >= 4 is 45.8 Å². The van der Waals surface area contributed by atoms with Crippen LogP contribution in [0.5, 0.6) is 0 Å². The van der Waals surface area contributed by atoms with Gasteiger partial charge >= 0.3 is 0 Å². The highest BCUT2D eigenvalue weighted by atomic mass is 35.5. The Morgan fingerprint density at radius 1 is 0.925 bits per heavy atom. The summed E-state index contributed by atoms with van der Waals surface area (Å²) in [6.45, 7) is 2.94. The van der Waals surface area contributed by atoms with E-state index in [-0.39, 0.29) is 30.7 Å². The van der Waals surface area contributed by atoms with E-state index in [0.717, 1.165) is 27.6 Å². The maximum Gasteiger partial charge on any atom is 0.258 e. The standard InChI is InChI=1S/C33H32ClN3O3/c1-2-35-32(39)29(21-23-11-4-3-5-12-23)37(22-25-13-6-7-17-27(25)34)30(38)19-10-20-36-28-18-9-15-24-14-8-16-26(31(24)28)33(36)40/h3-9,11-18,29H,2,10,19-22H2,1H3,(H,35,39)/t29-/m1/s1. The fourth-order valence-corrected chi connectivity index (χ4v) is 5.58. The van der Waals surface area contributed by atoms with Gasteiger partial charge in [-0.25, -0.2) is 0 Å². The Hall–Kier alpha value is -4.16. The molecule has 0 unspecified atom stereocenters. The summed E-state index contributed by atoms with van der Waals surface area (Å²) in [4.78, 5) is 43.8. The first-order valence-electron chi connectivity index (χ1n) is 13.7. The van der Waals surface area contributed by atoms with E-state index in [9.17, 15) is 14.4 Å². The second kappa shape index (κ2) is 12.3. The van der Waals surface area contributed by atoms with E-state index in [1.807, 2.05) is 91.9 Å². The topological polar surface area (TPSA) is 69.7 Å². The van der Waals surface area contributed by atoms with Gasteiger partial charge in [-0.05, 0) is 48.1 Å². The predicted molar refractivity (Wildman–Crippen MR) is 159 cm³/mol. The molecule has 1 N–H and O–H groups in total. The third-order valence-corrected chi connectivity index (χ3v) is 7.71. The van der Waals surface area contributed by atoms with E-state index in [1.54, 1.807) is 15.9 Å². The maximum absolute atomic E-state index is 13.9. The Balaban J connectivity index is 1.37. The molecule has 0 spiro atoms. The molecule has 0 aliphatic carbocycles. The van der Waals surface area contributed by atoms with Crippen LogP contribution in [0.4, 0.5) is 5.69 Å². The lowest BCUT2D eigenvalue weighted by Crippen LogP contribution is -2.50. The molecule has 1 aliphatic heterocycles. The van der Waals surface area contributed by atoms with Gasteiger partial charge in [-0.3, -0.25) is 14.4 Å². The van der Waals surface area contributed by atoms with Gasteiger partial charge in [0.15, 0.2) is 0 Å². The molecule has 0 saturated heterocycles. The minimum Gasteiger partial charge on any atom is -0.355 e. The monoisotopic (exact) mass is 553 g/mol. The molecule has 7 heteroatoms. The first-order valence-corrected chi connectivity index (χ1v) is 14.0. The fraction of sp³-hybridized carbons (Fsp3) is 0.242. The molecule has 0 radical (unpaired) electrons. The minimum absolute atomic E-state index is 0.0450. The average Bonchev–Trinajstić information content (AvgIpc) is 3.24. The highest BCUT2D eigenvalue weighted by Crippen LogP contribution is 2.37. The van der Waals surface area contributed by atoms with Gasteiger partial charge in [-0.15, -0.1) is 0 Å². The van der Waals surface area contributed by atoms with Crippen molar-refractivity contribution in [2.45, 2.75) is 38.8 Å². The largest absolute Gasteiger partial charge is 0.355 e. The summed E-state index contributed by atoms with van der Waals surface area (Å²) >= 11 is 6.49. The summed E-state index contributed by atoms with van der Waals surface area (Å²) in [5, 5.41) is 5.44.